The summed E-state index contributed by atoms with van der Waals surface area (Å²) in [7, 11) is 0. The molecule has 0 aromatic rings. The van der Waals surface area contributed by atoms with E-state index < -0.39 is 149 Å². The van der Waals surface area contributed by atoms with Gasteiger partial charge in [-0.15, -0.1) is 0 Å². The molecule has 4 saturated heterocycles. The Morgan fingerprint density at radius 1 is 0.490 bits per heavy atom. The van der Waals surface area contributed by atoms with Crippen LogP contribution in [0.5, 0.6) is 0 Å². The van der Waals surface area contributed by atoms with E-state index >= 15 is 0 Å². The predicted octanol–water partition coefficient (Wildman–Crippen LogP) is -9.45. The Morgan fingerprint density at radius 2 is 0.939 bits per heavy atom. The molecule has 0 aliphatic carbocycles. The van der Waals surface area contributed by atoms with E-state index in [9.17, 15) is 71.5 Å². The van der Waals surface area contributed by atoms with E-state index in [-0.39, 0.29) is 6.61 Å². The number of hydrogen-bond donors (Lipinski definition) is 14. The topological polar surface area (TPSA) is 366 Å². The molecule has 19 atom stereocenters. The van der Waals surface area contributed by atoms with Gasteiger partial charge in [0.05, 0.1) is 33.0 Å². The molecule has 0 radical (unpaired) electrons. The van der Waals surface area contributed by atoms with Gasteiger partial charge in [-0.2, -0.15) is 0 Å². The fourth-order valence-corrected chi connectivity index (χ4v) is 5.84. The molecule has 23 heteroatoms. The summed E-state index contributed by atoms with van der Waals surface area (Å²) in [6.45, 7) is -2.17. The zero-order chi connectivity index (χ0) is 36.4. The standard InChI is InChI=1S/C26H46O23/c1-2-41-49-21-17(37)25(46-19-10(6-30)48-26(39,40)22(38)16(19)36)44-9(5-29)20(21)47-24-15(35)13(33)18(8(4-28)43-24)45-23-14(34)12(32)11(31)7(3-27)42-23/h7-25,27-40H,2-6H2,1H3/t7-,8-,9-,10-,11-,12+,13-,14-,15-,16+,17-,18-,19-,20+,21-,22-,23+,24+,25+/m1/s1. The van der Waals surface area contributed by atoms with Crippen LogP contribution in [-0.2, 0) is 42.9 Å². The minimum atomic E-state index is -3.28. The summed E-state index contributed by atoms with van der Waals surface area (Å²) in [6, 6.07) is 0. The van der Waals surface area contributed by atoms with Gasteiger partial charge in [-0.1, -0.05) is 0 Å². The van der Waals surface area contributed by atoms with Gasteiger partial charge in [-0.05, 0) is 6.92 Å². The molecular formula is C26H46O23. The molecule has 0 aromatic carbocycles. The molecule has 4 aliphatic heterocycles. The molecule has 0 aromatic heterocycles. The third-order valence-corrected chi connectivity index (χ3v) is 8.55. The van der Waals surface area contributed by atoms with E-state index in [4.69, 9.17) is 42.9 Å². The fourth-order valence-electron chi connectivity index (χ4n) is 5.84. The van der Waals surface area contributed by atoms with Gasteiger partial charge in [0.15, 0.2) is 31.1 Å². The lowest BCUT2D eigenvalue weighted by Crippen LogP contribution is -2.69. The van der Waals surface area contributed by atoms with Crippen LogP contribution in [0, 0.1) is 0 Å². The van der Waals surface area contributed by atoms with Crippen molar-refractivity contribution in [3.05, 3.63) is 0 Å². The van der Waals surface area contributed by atoms with Crippen molar-refractivity contribution in [2.24, 2.45) is 0 Å². The number of hydrogen-bond acceptors (Lipinski definition) is 23. The molecule has 23 nitrogen and oxygen atoms in total. The van der Waals surface area contributed by atoms with E-state index in [1.54, 1.807) is 0 Å². The van der Waals surface area contributed by atoms with Gasteiger partial charge < -0.3 is 105 Å². The minimum absolute atomic E-state index is 0.0972. The molecule has 0 spiro atoms. The lowest BCUT2D eigenvalue weighted by Gasteiger charge is -2.49. The van der Waals surface area contributed by atoms with E-state index in [1.165, 1.54) is 6.92 Å². The van der Waals surface area contributed by atoms with Gasteiger partial charge in [0.2, 0.25) is 0 Å². The third-order valence-electron chi connectivity index (χ3n) is 8.55. The number of rotatable bonds is 13. The van der Waals surface area contributed by atoms with E-state index in [0.29, 0.717) is 0 Å². The average molecular weight is 727 g/mol. The Kier molecular flexibility index (Phi) is 14.4. The monoisotopic (exact) mass is 726 g/mol. The normalized spacial score (nSPS) is 49.2. The zero-order valence-corrected chi connectivity index (χ0v) is 25.9. The second kappa shape index (κ2) is 17.3. The van der Waals surface area contributed by atoms with Crippen LogP contribution in [0.4, 0.5) is 0 Å². The van der Waals surface area contributed by atoms with Crippen molar-refractivity contribution in [2.45, 2.75) is 129 Å². The second-order valence-corrected chi connectivity index (χ2v) is 11.8. The summed E-state index contributed by atoms with van der Waals surface area (Å²) >= 11 is 0. The Morgan fingerprint density at radius 3 is 1.47 bits per heavy atom. The van der Waals surface area contributed by atoms with Crippen LogP contribution in [-0.4, -0.2) is 227 Å². The van der Waals surface area contributed by atoms with Crippen molar-refractivity contribution in [3.63, 3.8) is 0 Å². The maximum absolute atomic E-state index is 11.2. The molecule has 288 valence electrons. The van der Waals surface area contributed by atoms with Gasteiger partial charge in [-0.25, -0.2) is 9.78 Å². The summed E-state index contributed by atoms with van der Waals surface area (Å²) in [5.74, 6) is -3.28. The van der Waals surface area contributed by atoms with E-state index in [1.807, 2.05) is 0 Å². The van der Waals surface area contributed by atoms with Crippen LogP contribution >= 0.6 is 0 Å². The van der Waals surface area contributed by atoms with E-state index in [0.717, 1.165) is 0 Å². The Balaban J connectivity index is 1.51. The third kappa shape index (κ3) is 8.50. The molecule has 0 amide bonds. The Hall–Kier alpha value is -0.920. The van der Waals surface area contributed by atoms with Gasteiger partial charge in [0, 0.05) is 0 Å². The highest BCUT2D eigenvalue weighted by atomic mass is 17.2. The first-order valence-electron chi connectivity index (χ1n) is 15.4. The predicted molar refractivity (Wildman–Crippen MR) is 146 cm³/mol. The molecule has 0 unspecified atom stereocenters. The van der Waals surface area contributed by atoms with Crippen LogP contribution in [0.15, 0.2) is 0 Å². The van der Waals surface area contributed by atoms with E-state index in [2.05, 4.69) is 0 Å². The van der Waals surface area contributed by atoms with Crippen molar-refractivity contribution in [1.82, 2.24) is 0 Å². The molecule has 4 heterocycles. The van der Waals surface area contributed by atoms with Crippen molar-refractivity contribution >= 4 is 0 Å². The summed E-state index contributed by atoms with van der Waals surface area (Å²) in [5, 5.41) is 143. The summed E-state index contributed by atoms with van der Waals surface area (Å²) in [6.07, 6.45) is -34.4. The van der Waals surface area contributed by atoms with Crippen molar-refractivity contribution in [3.8, 4) is 0 Å². The minimum Gasteiger partial charge on any atom is -0.394 e. The van der Waals surface area contributed by atoms with Crippen molar-refractivity contribution < 1.29 is 114 Å². The van der Waals surface area contributed by atoms with Gasteiger partial charge in [0.25, 0.3) is 0 Å². The first-order valence-corrected chi connectivity index (χ1v) is 15.4. The summed E-state index contributed by atoms with van der Waals surface area (Å²) in [5.41, 5.74) is 0. The first kappa shape index (κ1) is 40.8. The highest BCUT2D eigenvalue weighted by Gasteiger charge is 2.58. The highest BCUT2D eigenvalue weighted by Crippen LogP contribution is 2.36. The maximum Gasteiger partial charge on any atom is 0.308 e. The molecule has 0 bridgehead atoms. The molecular weight excluding hydrogens is 680 g/mol. The lowest BCUT2D eigenvalue weighted by atomic mass is 9.95. The average Bonchev–Trinajstić information content (AvgIpc) is 3.08. The van der Waals surface area contributed by atoms with Crippen LogP contribution < -0.4 is 0 Å². The SMILES string of the molecule is CCOO[C@@H]1[C@@H](O)[C@H](O[C@H]2[C@H](O)[C@@H](O)C(O)(O)O[C@@H]2CO)O[C@H](CO)[C@@H]1O[C@@H]1O[C@H](CO)[C@@H](O[C@@H]2O[C@H](CO)[C@@H](O)[C@H](O)[C@H]2O)[C@H](O)[C@H]1O. The van der Waals surface area contributed by atoms with Crippen LogP contribution in [0.2, 0.25) is 0 Å². The molecule has 4 fully saturated rings. The summed E-state index contributed by atoms with van der Waals surface area (Å²) in [4.78, 5) is 10.2. The van der Waals surface area contributed by atoms with Gasteiger partial charge in [0.1, 0.15) is 85.5 Å². The van der Waals surface area contributed by atoms with Gasteiger partial charge in [-0.3, -0.25) is 0 Å². The van der Waals surface area contributed by atoms with Gasteiger partial charge >= 0.3 is 5.97 Å². The summed E-state index contributed by atoms with van der Waals surface area (Å²) < 4.78 is 38.1. The molecule has 0 saturated carbocycles. The van der Waals surface area contributed by atoms with Crippen LogP contribution in [0.3, 0.4) is 0 Å². The molecule has 49 heavy (non-hydrogen) atoms. The van der Waals surface area contributed by atoms with Crippen LogP contribution in [0.25, 0.3) is 0 Å². The largest absolute Gasteiger partial charge is 0.394 e. The molecule has 4 aliphatic rings. The second-order valence-electron chi connectivity index (χ2n) is 11.8. The number of aliphatic hydroxyl groups is 14. The first-order chi connectivity index (χ1) is 23.1. The molecule has 14 N–H and O–H groups in total. The van der Waals surface area contributed by atoms with Crippen molar-refractivity contribution in [1.29, 1.82) is 0 Å². The quantitative estimate of drug-likeness (QED) is 0.0476. The smallest absolute Gasteiger partial charge is 0.308 e. The maximum atomic E-state index is 11.2. The van der Waals surface area contributed by atoms with Crippen molar-refractivity contribution in [2.75, 3.05) is 33.0 Å². The number of ether oxygens (including phenoxy) is 7. The molecule has 4 rings (SSSR count). The Labute approximate surface area is 277 Å². The fraction of sp³-hybridized carbons (Fsp3) is 1.00. The zero-order valence-electron chi connectivity index (χ0n) is 25.9. The Bertz CT molecular complexity index is 1000. The highest BCUT2D eigenvalue weighted by molar-refractivity contribution is 4.98. The number of aliphatic hydroxyl groups excluding tert-OH is 12. The lowest BCUT2D eigenvalue weighted by molar-refractivity contribution is -0.454. The van der Waals surface area contributed by atoms with Crippen LogP contribution in [0.1, 0.15) is 6.92 Å².